The van der Waals surface area contributed by atoms with E-state index in [1.54, 1.807) is 17.8 Å². The maximum atomic E-state index is 13.6. The van der Waals surface area contributed by atoms with E-state index in [4.69, 9.17) is 10.5 Å². The third kappa shape index (κ3) is 2.45. The normalized spacial score (nSPS) is 14.7. The highest BCUT2D eigenvalue weighted by molar-refractivity contribution is 9.10. The van der Waals surface area contributed by atoms with E-state index in [1.807, 2.05) is 0 Å². The van der Waals surface area contributed by atoms with Gasteiger partial charge in [0.15, 0.2) is 0 Å². The van der Waals surface area contributed by atoms with Crippen molar-refractivity contribution in [3.8, 4) is 17.0 Å². The Balaban J connectivity index is 2.11. The van der Waals surface area contributed by atoms with Crippen molar-refractivity contribution in [1.29, 1.82) is 0 Å². The van der Waals surface area contributed by atoms with Crippen molar-refractivity contribution in [2.24, 2.45) is 7.05 Å². The number of nitrogen functional groups attached to an aromatic ring is 1. The number of hydrogen-bond donors (Lipinski definition) is 1. The van der Waals surface area contributed by atoms with Crippen molar-refractivity contribution in [3.63, 3.8) is 0 Å². The standard InChI is InChI=1S/C13H13BrFN3O/c1-18-12(16)6-11(17-18)9-4-7(15)5-10(14)13(9)19-8-2-3-8/h4-6,8H,2-3,16H2,1H3. The lowest BCUT2D eigenvalue weighted by Crippen LogP contribution is -2.00. The second-order valence-corrected chi connectivity index (χ2v) is 5.51. The molecule has 1 saturated carbocycles. The fraction of sp³-hybridized carbons (Fsp3) is 0.308. The Bertz CT molecular complexity index is 618. The highest BCUT2D eigenvalue weighted by atomic mass is 79.9. The summed E-state index contributed by atoms with van der Waals surface area (Å²) in [6.45, 7) is 0. The van der Waals surface area contributed by atoms with E-state index in [0.29, 0.717) is 27.3 Å². The molecular formula is C13H13BrFN3O. The molecule has 0 atom stereocenters. The van der Waals surface area contributed by atoms with E-state index in [9.17, 15) is 4.39 Å². The molecule has 4 nitrogen and oxygen atoms in total. The SMILES string of the molecule is Cn1nc(-c2cc(F)cc(Br)c2OC2CC2)cc1N. The van der Waals surface area contributed by atoms with Crippen LogP contribution in [0.4, 0.5) is 10.2 Å². The van der Waals surface area contributed by atoms with Crippen molar-refractivity contribution >= 4 is 21.7 Å². The van der Waals surface area contributed by atoms with Crippen LogP contribution in [0, 0.1) is 5.82 Å². The van der Waals surface area contributed by atoms with Gasteiger partial charge in [0.05, 0.1) is 16.3 Å². The van der Waals surface area contributed by atoms with Crippen LogP contribution >= 0.6 is 15.9 Å². The number of nitrogens with two attached hydrogens (primary N) is 1. The van der Waals surface area contributed by atoms with Crippen LogP contribution in [0.15, 0.2) is 22.7 Å². The molecule has 1 aromatic carbocycles. The molecule has 3 rings (SSSR count). The first-order valence-electron chi connectivity index (χ1n) is 6.00. The third-order valence-corrected chi connectivity index (χ3v) is 3.60. The molecule has 0 aliphatic heterocycles. The molecule has 1 fully saturated rings. The number of rotatable bonds is 3. The summed E-state index contributed by atoms with van der Waals surface area (Å²) in [6.07, 6.45) is 2.29. The minimum Gasteiger partial charge on any atom is -0.489 e. The highest BCUT2D eigenvalue weighted by Gasteiger charge is 2.27. The van der Waals surface area contributed by atoms with Crippen LogP contribution in [0.25, 0.3) is 11.3 Å². The molecule has 0 bridgehead atoms. The predicted octanol–water partition coefficient (Wildman–Crippen LogP) is 3.11. The molecule has 0 unspecified atom stereocenters. The van der Waals surface area contributed by atoms with Crippen LogP contribution in [0.1, 0.15) is 12.8 Å². The second kappa shape index (κ2) is 4.52. The Kier molecular flexibility index (Phi) is 2.97. The smallest absolute Gasteiger partial charge is 0.143 e. The molecule has 100 valence electrons. The number of hydrogen-bond acceptors (Lipinski definition) is 3. The first kappa shape index (κ1) is 12.5. The van der Waals surface area contributed by atoms with Gasteiger partial charge in [0.2, 0.25) is 0 Å². The second-order valence-electron chi connectivity index (χ2n) is 4.66. The number of halogens is 2. The van der Waals surface area contributed by atoms with Gasteiger partial charge in [-0.05, 0) is 40.9 Å². The van der Waals surface area contributed by atoms with E-state index < -0.39 is 0 Å². The minimum atomic E-state index is -0.339. The quantitative estimate of drug-likeness (QED) is 0.943. The molecule has 1 aromatic heterocycles. The van der Waals surface area contributed by atoms with Crippen LogP contribution in [0.5, 0.6) is 5.75 Å². The third-order valence-electron chi connectivity index (χ3n) is 3.01. The average Bonchev–Trinajstić information content (AvgIpc) is 3.09. The average molecular weight is 326 g/mol. The van der Waals surface area contributed by atoms with E-state index in [0.717, 1.165) is 12.8 Å². The zero-order chi connectivity index (χ0) is 13.6. The number of benzene rings is 1. The van der Waals surface area contributed by atoms with Crippen molar-refractivity contribution in [3.05, 3.63) is 28.5 Å². The van der Waals surface area contributed by atoms with Gasteiger partial charge >= 0.3 is 0 Å². The Hall–Kier alpha value is -1.56. The van der Waals surface area contributed by atoms with Crippen molar-refractivity contribution in [2.45, 2.75) is 18.9 Å². The van der Waals surface area contributed by atoms with Crippen molar-refractivity contribution in [2.75, 3.05) is 5.73 Å². The minimum absolute atomic E-state index is 0.224. The fourth-order valence-electron chi connectivity index (χ4n) is 1.84. The van der Waals surface area contributed by atoms with Crippen molar-refractivity contribution < 1.29 is 9.13 Å². The first-order valence-corrected chi connectivity index (χ1v) is 6.79. The number of anilines is 1. The highest BCUT2D eigenvalue weighted by Crippen LogP contribution is 2.40. The van der Waals surface area contributed by atoms with Crippen molar-refractivity contribution in [1.82, 2.24) is 9.78 Å². The van der Waals surface area contributed by atoms with Gasteiger partial charge in [0.1, 0.15) is 17.4 Å². The summed E-state index contributed by atoms with van der Waals surface area (Å²) in [5.74, 6) is 0.809. The van der Waals surface area contributed by atoms with Gasteiger partial charge in [0, 0.05) is 18.7 Å². The van der Waals surface area contributed by atoms with Crippen LogP contribution in [-0.2, 0) is 7.05 Å². The van der Waals surface area contributed by atoms with E-state index in [2.05, 4.69) is 21.0 Å². The zero-order valence-electron chi connectivity index (χ0n) is 10.4. The predicted molar refractivity (Wildman–Crippen MR) is 74.4 cm³/mol. The van der Waals surface area contributed by atoms with Gasteiger partial charge in [-0.1, -0.05) is 0 Å². The molecule has 1 heterocycles. The molecular weight excluding hydrogens is 313 g/mol. The van der Waals surface area contributed by atoms with Gasteiger partial charge < -0.3 is 10.5 Å². The van der Waals surface area contributed by atoms with E-state index in [1.165, 1.54) is 12.1 Å². The molecule has 19 heavy (non-hydrogen) atoms. The number of ether oxygens (including phenoxy) is 1. The summed E-state index contributed by atoms with van der Waals surface area (Å²) >= 11 is 3.35. The molecule has 6 heteroatoms. The summed E-state index contributed by atoms with van der Waals surface area (Å²) in [4.78, 5) is 0. The van der Waals surface area contributed by atoms with Gasteiger partial charge in [-0.3, -0.25) is 4.68 Å². The topological polar surface area (TPSA) is 53.1 Å². The Labute approximate surface area is 118 Å². The summed E-state index contributed by atoms with van der Waals surface area (Å²) < 4.78 is 21.6. The molecule has 2 N–H and O–H groups in total. The van der Waals surface area contributed by atoms with E-state index in [-0.39, 0.29) is 11.9 Å². The lowest BCUT2D eigenvalue weighted by molar-refractivity contribution is 0.302. The Morgan fingerprint density at radius 3 is 2.74 bits per heavy atom. The maximum Gasteiger partial charge on any atom is 0.143 e. The molecule has 2 aromatic rings. The summed E-state index contributed by atoms with van der Waals surface area (Å²) in [5.41, 5.74) is 7.00. The van der Waals surface area contributed by atoms with Gasteiger partial charge in [-0.15, -0.1) is 0 Å². The zero-order valence-corrected chi connectivity index (χ0v) is 11.9. The maximum absolute atomic E-state index is 13.6. The Morgan fingerprint density at radius 2 is 2.16 bits per heavy atom. The molecule has 1 aliphatic rings. The summed E-state index contributed by atoms with van der Waals surface area (Å²) in [7, 11) is 1.74. The van der Waals surface area contributed by atoms with Crippen LogP contribution < -0.4 is 10.5 Å². The molecule has 0 saturated heterocycles. The number of aryl methyl sites for hydroxylation is 1. The molecule has 0 spiro atoms. The van der Waals surface area contributed by atoms with Crippen LogP contribution in [-0.4, -0.2) is 15.9 Å². The van der Waals surface area contributed by atoms with Crippen LogP contribution in [0.3, 0.4) is 0 Å². The number of nitrogens with zero attached hydrogens (tertiary/aromatic N) is 2. The summed E-state index contributed by atoms with van der Waals surface area (Å²) in [5, 5.41) is 4.28. The Morgan fingerprint density at radius 1 is 1.42 bits per heavy atom. The number of aromatic nitrogens is 2. The van der Waals surface area contributed by atoms with Gasteiger partial charge in [-0.2, -0.15) is 5.10 Å². The van der Waals surface area contributed by atoms with Gasteiger partial charge in [0.25, 0.3) is 0 Å². The van der Waals surface area contributed by atoms with Gasteiger partial charge in [-0.25, -0.2) is 4.39 Å². The first-order chi connectivity index (χ1) is 9.04. The lowest BCUT2D eigenvalue weighted by atomic mass is 10.1. The van der Waals surface area contributed by atoms with Crippen LogP contribution in [0.2, 0.25) is 0 Å². The monoisotopic (exact) mass is 325 g/mol. The molecule has 0 radical (unpaired) electrons. The fourth-order valence-corrected chi connectivity index (χ4v) is 2.36. The lowest BCUT2D eigenvalue weighted by Gasteiger charge is -2.11. The molecule has 1 aliphatic carbocycles. The van der Waals surface area contributed by atoms with E-state index >= 15 is 0 Å². The molecule has 0 amide bonds. The summed E-state index contributed by atoms with van der Waals surface area (Å²) in [6, 6.07) is 4.53. The largest absolute Gasteiger partial charge is 0.489 e.